The Morgan fingerprint density at radius 2 is 2.20 bits per heavy atom. The van der Waals surface area contributed by atoms with Gasteiger partial charge in [0, 0.05) is 6.07 Å². The molecule has 6 nitrogen and oxygen atoms in total. The van der Waals surface area contributed by atoms with Crippen LogP contribution in [-0.2, 0) is 0 Å². The standard InChI is InChI=1S/C8H10BNO5/c1-2-15-8-4-3-6(9(11)12)5-7(8)10(13)14/h3-5,11-12H,2H2,1H3. The smallest absolute Gasteiger partial charge is 0.487 e. The molecule has 0 aliphatic carbocycles. The summed E-state index contributed by atoms with van der Waals surface area (Å²) in [5.74, 6) is 0.118. The Balaban J connectivity index is 3.14. The molecule has 1 aromatic carbocycles. The summed E-state index contributed by atoms with van der Waals surface area (Å²) in [7, 11) is -1.72. The first-order chi connectivity index (χ1) is 7.06. The summed E-state index contributed by atoms with van der Waals surface area (Å²) >= 11 is 0. The third-order valence-electron chi connectivity index (χ3n) is 1.78. The van der Waals surface area contributed by atoms with Crippen LogP contribution >= 0.6 is 0 Å². The van der Waals surface area contributed by atoms with Crippen molar-refractivity contribution in [3.05, 3.63) is 28.3 Å². The van der Waals surface area contributed by atoms with Crippen LogP contribution in [0.3, 0.4) is 0 Å². The van der Waals surface area contributed by atoms with Crippen LogP contribution in [0.4, 0.5) is 5.69 Å². The van der Waals surface area contributed by atoms with Crippen molar-refractivity contribution in [2.75, 3.05) is 6.61 Å². The molecule has 0 fully saturated rings. The van der Waals surface area contributed by atoms with Crippen molar-refractivity contribution in [3.8, 4) is 5.75 Å². The van der Waals surface area contributed by atoms with Gasteiger partial charge in [-0.15, -0.1) is 0 Å². The number of hydrogen-bond acceptors (Lipinski definition) is 5. The van der Waals surface area contributed by atoms with Gasteiger partial charge in [0.05, 0.1) is 11.5 Å². The van der Waals surface area contributed by atoms with E-state index in [1.54, 1.807) is 6.92 Å². The summed E-state index contributed by atoms with van der Waals surface area (Å²) in [5.41, 5.74) is -0.215. The van der Waals surface area contributed by atoms with Gasteiger partial charge in [0.1, 0.15) is 0 Å². The zero-order chi connectivity index (χ0) is 11.4. The summed E-state index contributed by atoms with van der Waals surface area (Å²) in [5, 5.41) is 28.3. The Morgan fingerprint density at radius 3 is 2.67 bits per heavy atom. The fourth-order valence-electron chi connectivity index (χ4n) is 1.12. The highest BCUT2D eigenvalue weighted by molar-refractivity contribution is 6.58. The van der Waals surface area contributed by atoms with Crippen molar-refractivity contribution >= 4 is 18.3 Å². The Labute approximate surface area is 86.4 Å². The average molecular weight is 211 g/mol. The molecule has 2 N–H and O–H groups in total. The van der Waals surface area contributed by atoms with E-state index in [9.17, 15) is 10.1 Å². The molecule has 0 saturated carbocycles. The normalized spacial score (nSPS) is 9.80. The monoisotopic (exact) mass is 211 g/mol. The highest BCUT2D eigenvalue weighted by Gasteiger charge is 2.20. The van der Waals surface area contributed by atoms with E-state index in [1.165, 1.54) is 12.1 Å². The van der Waals surface area contributed by atoms with Gasteiger partial charge in [0.15, 0.2) is 5.75 Å². The number of benzene rings is 1. The number of ether oxygens (including phenoxy) is 1. The predicted octanol–water partition coefficient (Wildman–Crippen LogP) is -0.327. The minimum absolute atomic E-state index is 0.0603. The molecule has 0 spiro atoms. The maximum atomic E-state index is 10.6. The van der Waals surface area contributed by atoms with E-state index in [4.69, 9.17) is 14.8 Å². The van der Waals surface area contributed by atoms with Crippen molar-refractivity contribution in [2.45, 2.75) is 6.92 Å². The summed E-state index contributed by atoms with van der Waals surface area (Å²) in [6.07, 6.45) is 0. The van der Waals surface area contributed by atoms with Gasteiger partial charge in [-0.3, -0.25) is 10.1 Å². The molecule has 7 heteroatoms. The van der Waals surface area contributed by atoms with Gasteiger partial charge >= 0.3 is 12.8 Å². The Kier molecular flexibility index (Phi) is 3.65. The van der Waals surface area contributed by atoms with Crippen LogP contribution in [0, 0.1) is 10.1 Å². The fourth-order valence-corrected chi connectivity index (χ4v) is 1.12. The summed E-state index contributed by atoms with van der Waals surface area (Å²) in [4.78, 5) is 10.0. The van der Waals surface area contributed by atoms with E-state index in [0.29, 0.717) is 6.61 Å². The lowest BCUT2D eigenvalue weighted by molar-refractivity contribution is -0.385. The van der Waals surface area contributed by atoms with E-state index in [0.717, 1.165) is 6.07 Å². The van der Waals surface area contributed by atoms with Crippen molar-refractivity contribution in [1.29, 1.82) is 0 Å². The molecule has 15 heavy (non-hydrogen) atoms. The van der Waals surface area contributed by atoms with Gasteiger partial charge in [-0.05, 0) is 18.5 Å². The quantitative estimate of drug-likeness (QED) is 0.404. The van der Waals surface area contributed by atoms with Crippen molar-refractivity contribution in [1.82, 2.24) is 0 Å². The van der Waals surface area contributed by atoms with Crippen molar-refractivity contribution in [3.63, 3.8) is 0 Å². The number of rotatable bonds is 4. The highest BCUT2D eigenvalue weighted by atomic mass is 16.6. The minimum Gasteiger partial charge on any atom is -0.487 e. The van der Waals surface area contributed by atoms with Crippen LogP contribution < -0.4 is 10.2 Å². The van der Waals surface area contributed by atoms with Crippen molar-refractivity contribution in [2.24, 2.45) is 0 Å². The highest BCUT2D eigenvalue weighted by Crippen LogP contribution is 2.24. The molecule has 0 heterocycles. The molecule has 1 aromatic rings. The third kappa shape index (κ3) is 2.68. The molecule has 80 valence electrons. The summed E-state index contributed by atoms with van der Waals surface area (Å²) in [6.45, 7) is 2.01. The zero-order valence-electron chi connectivity index (χ0n) is 8.08. The largest absolute Gasteiger partial charge is 0.488 e. The number of nitrogens with zero attached hydrogens (tertiary/aromatic N) is 1. The number of hydrogen-bond donors (Lipinski definition) is 2. The second-order valence-electron chi connectivity index (χ2n) is 2.79. The van der Waals surface area contributed by atoms with Gasteiger partial charge < -0.3 is 14.8 Å². The maximum absolute atomic E-state index is 10.6. The Morgan fingerprint density at radius 1 is 1.53 bits per heavy atom. The van der Waals surface area contributed by atoms with Gasteiger partial charge in [-0.2, -0.15) is 0 Å². The molecule has 1 rings (SSSR count). The van der Waals surface area contributed by atoms with Crippen LogP contribution in [0.15, 0.2) is 18.2 Å². The summed E-state index contributed by atoms with van der Waals surface area (Å²) < 4.78 is 5.03. The fraction of sp³-hybridized carbons (Fsp3) is 0.250. The lowest BCUT2D eigenvalue weighted by atomic mass is 9.80. The predicted molar refractivity (Wildman–Crippen MR) is 54.1 cm³/mol. The molecule has 0 radical (unpaired) electrons. The van der Waals surface area contributed by atoms with Gasteiger partial charge in [-0.1, -0.05) is 6.07 Å². The molecule has 0 aliphatic rings. The van der Waals surface area contributed by atoms with Crippen LogP contribution in [0.5, 0.6) is 5.75 Å². The van der Waals surface area contributed by atoms with E-state index < -0.39 is 12.0 Å². The summed E-state index contributed by atoms with van der Waals surface area (Å²) in [6, 6.07) is 3.79. The average Bonchev–Trinajstić information content (AvgIpc) is 2.18. The molecule has 0 unspecified atom stereocenters. The van der Waals surface area contributed by atoms with Crippen LogP contribution in [-0.4, -0.2) is 28.7 Å². The van der Waals surface area contributed by atoms with E-state index >= 15 is 0 Å². The Bertz CT molecular complexity index is 368. The van der Waals surface area contributed by atoms with Gasteiger partial charge in [-0.25, -0.2) is 0 Å². The lowest BCUT2D eigenvalue weighted by Gasteiger charge is -2.05. The van der Waals surface area contributed by atoms with Crippen LogP contribution in [0.1, 0.15) is 6.92 Å². The van der Waals surface area contributed by atoms with Crippen LogP contribution in [0.2, 0.25) is 0 Å². The number of nitro benzene ring substituents is 1. The van der Waals surface area contributed by atoms with Gasteiger partial charge in [0.25, 0.3) is 0 Å². The van der Waals surface area contributed by atoms with E-state index in [1.807, 2.05) is 0 Å². The SMILES string of the molecule is CCOc1ccc(B(O)O)cc1[N+](=O)[O-]. The zero-order valence-corrected chi connectivity index (χ0v) is 8.08. The second-order valence-corrected chi connectivity index (χ2v) is 2.79. The molecule has 0 aliphatic heterocycles. The Hall–Kier alpha value is -1.60. The molecule has 0 saturated heterocycles. The minimum atomic E-state index is -1.72. The molecule has 0 atom stereocenters. The molecule has 0 aromatic heterocycles. The lowest BCUT2D eigenvalue weighted by Crippen LogP contribution is -2.29. The van der Waals surface area contributed by atoms with Gasteiger partial charge in [0.2, 0.25) is 0 Å². The van der Waals surface area contributed by atoms with E-state index in [2.05, 4.69) is 0 Å². The molecular weight excluding hydrogens is 201 g/mol. The van der Waals surface area contributed by atoms with Crippen LogP contribution in [0.25, 0.3) is 0 Å². The third-order valence-corrected chi connectivity index (χ3v) is 1.78. The first kappa shape index (κ1) is 11.5. The first-order valence-electron chi connectivity index (χ1n) is 4.33. The molecule has 0 amide bonds. The van der Waals surface area contributed by atoms with E-state index in [-0.39, 0.29) is 16.9 Å². The van der Waals surface area contributed by atoms with Crippen molar-refractivity contribution < 1.29 is 19.7 Å². The molecule has 0 bridgehead atoms. The second kappa shape index (κ2) is 4.76. The molecular formula is C8H10BNO5. The topological polar surface area (TPSA) is 92.8 Å². The first-order valence-corrected chi connectivity index (χ1v) is 4.33. The maximum Gasteiger partial charge on any atom is 0.488 e. The number of nitro groups is 1.